The van der Waals surface area contributed by atoms with Crippen LogP contribution in [0.15, 0.2) is 47.4 Å². The van der Waals surface area contributed by atoms with Crippen molar-refractivity contribution in [2.45, 2.75) is 42.2 Å². The number of aromatic nitrogens is 2. The Morgan fingerprint density at radius 2 is 1.74 bits per heavy atom. The van der Waals surface area contributed by atoms with E-state index >= 15 is 0 Å². The summed E-state index contributed by atoms with van der Waals surface area (Å²) in [6, 6.07) is 11.9. The van der Waals surface area contributed by atoms with Crippen LogP contribution in [0.4, 0.5) is 5.95 Å². The Balaban J connectivity index is 1.88. The van der Waals surface area contributed by atoms with Crippen LogP contribution in [0.25, 0.3) is 11.0 Å². The van der Waals surface area contributed by atoms with E-state index in [1.54, 1.807) is 30.3 Å². The zero-order chi connectivity index (χ0) is 19.0. The van der Waals surface area contributed by atoms with E-state index in [2.05, 4.69) is 9.97 Å². The van der Waals surface area contributed by atoms with Crippen LogP contribution >= 0.6 is 0 Å². The van der Waals surface area contributed by atoms with Gasteiger partial charge in [0.1, 0.15) is 5.52 Å². The lowest BCUT2D eigenvalue weighted by molar-refractivity contribution is 0.103. The van der Waals surface area contributed by atoms with Crippen LogP contribution in [-0.2, 0) is 9.84 Å². The minimum Gasteiger partial charge on any atom is -0.369 e. The van der Waals surface area contributed by atoms with Gasteiger partial charge in [-0.1, -0.05) is 49.6 Å². The van der Waals surface area contributed by atoms with Gasteiger partial charge in [0, 0.05) is 11.1 Å². The molecule has 0 spiro atoms. The lowest BCUT2D eigenvalue weighted by atomic mass is 10.0. The third kappa shape index (κ3) is 3.23. The molecule has 1 heterocycles. The SMILES string of the molecule is Nc1nc2c(S(=O)(=O)C3CCCCC3)cc(C(=O)c3ccccc3)cc2[nH]1. The van der Waals surface area contributed by atoms with Gasteiger partial charge in [-0.15, -0.1) is 0 Å². The number of anilines is 1. The summed E-state index contributed by atoms with van der Waals surface area (Å²) in [6.07, 6.45) is 4.14. The molecule has 27 heavy (non-hydrogen) atoms. The molecule has 0 aliphatic heterocycles. The third-order valence-corrected chi connectivity index (χ3v) is 7.44. The number of carbonyl (C=O) groups is 1. The summed E-state index contributed by atoms with van der Waals surface area (Å²) in [6.45, 7) is 0. The van der Waals surface area contributed by atoms with Gasteiger partial charge in [-0.3, -0.25) is 4.79 Å². The number of aromatic amines is 1. The minimum absolute atomic E-state index is 0.0964. The maximum atomic E-state index is 13.3. The molecule has 6 nitrogen and oxygen atoms in total. The summed E-state index contributed by atoms with van der Waals surface area (Å²) in [7, 11) is -3.60. The largest absolute Gasteiger partial charge is 0.369 e. The maximum absolute atomic E-state index is 13.3. The summed E-state index contributed by atoms with van der Waals surface area (Å²) in [5.41, 5.74) is 7.36. The molecule has 4 rings (SSSR count). The Hall–Kier alpha value is -2.67. The molecule has 0 atom stereocenters. The molecule has 0 radical (unpaired) electrons. The zero-order valence-corrected chi connectivity index (χ0v) is 15.6. The van der Waals surface area contributed by atoms with Crippen molar-refractivity contribution < 1.29 is 13.2 Å². The number of fused-ring (bicyclic) bond motifs is 1. The van der Waals surface area contributed by atoms with Crippen LogP contribution in [0.3, 0.4) is 0 Å². The molecular weight excluding hydrogens is 362 g/mol. The highest BCUT2D eigenvalue weighted by Crippen LogP contribution is 2.33. The summed E-state index contributed by atoms with van der Waals surface area (Å²) in [5, 5.41) is -0.436. The normalized spacial score (nSPS) is 15.9. The molecule has 3 aromatic rings. The van der Waals surface area contributed by atoms with Crippen LogP contribution in [0.1, 0.15) is 48.0 Å². The van der Waals surface area contributed by atoms with E-state index in [0.29, 0.717) is 35.0 Å². The predicted octanol–water partition coefficient (Wildman–Crippen LogP) is 3.48. The van der Waals surface area contributed by atoms with Crippen molar-refractivity contribution in [3.63, 3.8) is 0 Å². The van der Waals surface area contributed by atoms with Gasteiger partial charge in [-0.25, -0.2) is 13.4 Å². The number of ketones is 1. The monoisotopic (exact) mass is 383 g/mol. The van der Waals surface area contributed by atoms with E-state index < -0.39 is 15.1 Å². The maximum Gasteiger partial charge on any atom is 0.198 e. The predicted molar refractivity (Wildman–Crippen MR) is 104 cm³/mol. The van der Waals surface area contributed by atoms with Gasteiger partial charge in [0.15, 0.2) is 21.6 Å². The van der Waals surface area contributed by atoms with Gasteiger partial charge in [-0.2, -0.15) is 0 Å². The fourth-order valence-electron chi connectivity index (χ4n) is 3.76. The number of hydrogen-bond donors (Lipinski definition) is 2. The second-order valence-electron chi connectivity index (χ2n) is 6.99. The zero-order valence-electron chi connectivity index (χ0n) is 14.8. The molecule has 7 heteroatoms. The van der Waals surface area contributed by atoms with Crippen molar-refractivity contribution in [1.29, 1.82) is 0 Å². The number of rotatable bonds is 4. The van der Waals surface area contributed by atoms with Crippen molar-refractivity contribution in [3.05, 3.63) is 53.6 Å². The number of nitrogen functional groups attached to an aromatic ring is 1. The van der Waals surface area contributed by atoms with E-state index in [1.165, 1.54) is 6.07 Å². The molecule has 0 saturated heterocycles. The lowest BCUT2D eigenvalue weighted by Crippen LogP contribution is -2.24. The smallest absolute Gasteiger partial charge is 0.198 e. The summed E-state index contributed by atoms with van der Waals surface area (Å²) in [4.78, 5) is 20.0. The highest BCUT2D eigenvalue weighted by molar-refractivity contribution is 7.92. The Morgan fingerprint density at radius 1 is 1.04 bits per heavy atom. The highest BCUT2D eigenvalue weighted by Gasteiger charge is 2.32. The minimum atomic E-state index is -3.60. The molecule has 0 unspecified atom stereocenters. The molecule has 1 aromatic heterocycles. The van der Waals surface area contributed by atoms with Crippen LogP contribution in [-0.4, -0.2) is 29.4 Å². The summed E-state index contributed by atoms with van der Waals surface area (Å²) < 4.78 is 26.6. The van der Waals surface area contributed by atoms with Gasteiger partial charge in [0.05, 0.1) is 15.7 Å². The van der Waals surface area contributed by atoms with Gasteiger partial charge in [-0.05, 0) is 25.0 Å². The first-order valence-corrected chi connectivity index (χ1v) is 10.6. The van der Waals surface area contributed by atoms with E-state index in [0.717, 1.165) is 19.3 Å². The van der Waals surface area contributed by atoms with E-state index in [-0.39, 0.29) is 16.6 Å². The van der Waals surface area contributed by atoms with Crippen LogP contribution < -0.4 is 5.73 Å². The van der Waals surface area contributed by atoms with Crippen molar-refractivity contribution in [2.24, 2.45) is 0 Å². The second-order valence-corrected chi connectivity index (χ2v) is 9.19. The molecule has 2 aromatic carbocycles. The number of carbonyl (C=O) groups excluding carboxylic acids is 1. The average molecular weight is 383 g/mol. The van der Waals surface area contributed by atoms with E-state index in [4.69, 9.17) is 5.73 Å². The first-order valence-electron chi connectivity index (χ1n) is 9.10. The number of nitrogens with zero attached hydrogens (tertiary/aromatic N) is 1. The number of nitrogens with one attached hydrogen (secondary N) is 1. The Morgan fingerprint density at radius 3 is 2.44 bits per heavy atom. The Labute approximate surface area is 157 Å². The summed E-state index contributed by atoms with van der Waals surface area (Å²) >= 11 is 0. The standard InChI is InChI=1S/C20H21N3O3S/c21-20-22-16-11-14(19(24)13-7-3-1-4-8-13)12-17(18(16)23-20)27(25,26)15-9-5-2-6-10-15/h1,3-4,7-8,11-12,15H,2,5-6,9-10H2,(H3,21,22,23). The van der Waals surface area contributed by atoms with E-state index in [1.807, 2.05) is 6.07 Å². The Bertz CT molecular complexity index is 1100. The Kier molecular flexibility index (Phi) is 4.47. The number of H-pyrrole nitrogens is 1. The van der Waals surface area contributed by atoms with Crippen molar-refractivity contribution in [3.8, 4) is 0 Å². The highest BCUT2D eigenvalue weighted by atomic mass is 32.2. The van der Waals surface area contributed by atoms with Crippen molar-refractivity contribution >= 4 is 32.6 Å². The third-order valence-electron chi connectivity index (χ3n) is 5.17. The number of benzene rings is 2. The number of imidazole rings is 1. The number of nitrogens with two attached hydrogens (primary N) is 1. The lowest BCUT2D eigenvalue weighted by Gasteiger charge is -2.22. The topological polar surface area (TPSA) is 106 Å². The van der Waals surface area contributed by atoms with E-state index in [9.17, 15) is 13.2 Å². The molecule has 1 saturated carbocycles. The number of hydrogen-bond acceptors (Lipinski definition) is 5. The molecule has 3 N–H and O–H groups in total. The van der Waals surface area contributed by atoms with Crippen molar-refractivity contribution in [2.75, 3.05) is 5.73 Å². The molecule has 0 bridgehead atoms. The molecule has 140 valence electrons. The molecular formula is C20H21N3O3S. The quantitative estimate of drug-likeness (QED) is 0.671. The van der Waals surface area contributed by atoms with Gasteiger partial charge in [0.25, 0.3) is 0 Å². The molecule has 1 fully saturated rings. The van der Waals surface area contributed by atoms with Crippen LogP contribution in [0.2, 0.25) is 0 Å². The first-order chi connectivity index (χ1) is 13.0. The fourth-order valence-corrected chi connectivity index (χ4v) is 5.79. The van der Waals surface area contributed by atoms with Crippen LogP contribution in [0.5, 0.6) is 0 Å². The second kappa shape index (κ2) is 6.81. The first kappa shape index (κ1) is 17.7. The molecule has 1 aliphatic rings. The average Bonchev–Trinajstić information content (AvgIpc) is 3.07. The number of sulfone groups is 1. The van der Waals surface area contributed by atoms with Crippen LogP contribution in [0, 0.1) is 0 Å². The van der Waals surface area contributed by atoms with Gasteiger partial charge < -0.3 is 10.7 Å². The van der Waals surface area contributed by atoms with Crippen molar-refractivity contribution in [1.82, 2.24) is 9.97 Å². The van der Waals surface area contributed by atoms with Gasteiger partial charge >= 0.3 is 0 Å². The molecule has 1 aliphatic carbocycles. The fraction of sp³-hybridized carbons (Fsp3) is 0.300. The summed E-state index contributed by atoms with van der Waals surface area (Å²) in [5.74, 6) is -0.0971. The van der Waals surface area contributed by atoms with Gasteiger partial charge in [0.2, 0.25) is 0 Å². The molecule has 0 amide bonds.